The van der Waals surface area contributed by atoms with Crippen LogP contribution < -0.4 is 5.32 Å². The molecule has 1 aliphatic rings. The number of aromatic nitrogens is 4. The minimum atomic E-state index is 0.400. The monoisotopic (exact) mass is 293 g/mol. The average molecular weight is 293 g/mol. The Balaban J connectivity index is 1.81. The quantitative estimate of drug-likeness (QED) is 0.788. The van der Waals surface area contributed by atoms with E-state index in [0.29, 0.717) is 5.92 Å². The van der Waals surface area contributed by atoms with Crippen molar-refractivity contribution in [1.29, 1.82) is 0 Å². The topological polar surface area (TPSA) is 55.1 Å². The third kappa shape index (κ3) is 2.18. The lowest BCUT2D eigenvalue weighted by atomic mass is 10.0. The van der Waals surface area contributed by atoms with E-state index in [1.54, 1.807) is 0 Å². The van der Waals surface area contributed by atoms with Crippen LogP contribution in [0.15, 0.2) is 30.3 Å². The number of benzene rings is 1. The number of rotatable bonds is 2. The van der Waals surface area contributed by atoms with E-state index in [1.165, 1.54) is 11.1 Å². The Kier molecular flexibility index (Phi) is 3.15. The van der Waals surface area contributed by atoms with Gasteiger partial charge in [0.2, 0.25) is 0 Å². The fourth-order valence-corrected chi connectivity index (χ4v) is 2.99. The Morgan fingerprint density at radius 3 is 2.77 bits per heavy atom. The summed E-state index contributed by atoms with van der Waals surface area (Å²) in [7, 11) is 0. The maximum atomic E-state index is 4.78. The molecule has 5 nitrogen and oxygen atoms in total. The molecule has 0 amide bonds. The number of aryl methyl sites for hydroxylation is 2. The molecule has 0 spiro atoms. The molecule has 5 heteroatoms. The van der Waals surface area contributed by atoms with Gasteiger partial charge in [-0.3, -0.25) is 0 Å². The maximum absolute atomic E-state index is 4.78. The second-order valence-corrected chi connectivity index (χ2v) is 6.04. The second kappa shape index (κ2) is 5.18. The second-order valence-electron chi connectivity index (χ2n) is 6.04. The minimum absolute atomic E-state index is 0.400. The molecule has 1 N–H and O–H groups in total. The molecule has 0 unspecified atom stereocenters. The summed E-state index contributed by atoms with van der Waals surface area (Å²) in [4.78, 5) is 0. The van der Waals surface area contributed by atoms with E-state index in [2.05, 4.69) is 47.6 Å². The smallest absolute Gasteiger partial charge is 0.177 e. The largest absolute Gasteiger partial charge is 0.316 e. The summed E-state index contributed by atoms with van der Waals surface area (Å²) < 4.78 is 1.90. The SMILES string of the molecule is Cc1ccc(-c2ccc3nnc([C@@H]4CCNC4)n3n2)cc1C. The van der Waals surface area contributed by atoms with E-state index in [9.17, 15) is 0 Å². The molecule has 1 saturated heterocycles. The van der Waals surface area contributed by atoms with Crippen LogP contribution in [-0.4, -0.2) is 32.9 Å². The van der Waals surface area contributed by atoms with E-state index in [1.807, 2.05) is 16.6 Å². The third-order valence-corrected chi connectivity index (χ3v) is 4.52. The van der Waals surface area contributed by atoms with Crippen LogP contribution in [0.3, 0.4) is 0 Å². The summed E-state index contributed by atoms with van der Waals surface area (Å²) in [6, 6.07) is 10.5. The molecule has 0 radical (unpaired) electrons. The van der Waals surface area contributed by atoms with Crippen molar-refractivity contribution in [3.63, 3.8) is 0 Å². The average Bonchev–Trinajstić information content (AvgIpc) is 3.17. The van der Waals surface area contributed by atoms with Crippen molar-refractivity contribution in [3.8, 4) is 11.3 Å². The van der Waals surface area contributed by atoms with Crippen molar-refractivity contribution in [2.75, 3.05) is 13.1 Å². The zero-order valence-electron chi connectivity index (χ0n) is 12.9. The Morgan fingerprint density at radius 1 is 1.09 bits per heavy atom. The van der Waals surface area contributed by atoms with Crippen LogP contribution in [0.1, 0.15) is 29.3 Å². The van der Waals surface area contributed by atoms with Crippen LogP contribution in [0.25, 0.3) is 16.9 Å². The molecule has 1 atom stereocenters. The van der Waals surface area contributed by atoms with Crippen molar-refractivity contribution in [3.05, 3.63) is 47.3 Å². The molecular formula is C17H19N5. The summed E-state index contributed by atoms with van der Waals surface area (Å²) in [5.41, 5.74) is 5.49. The highest BCUT2D eigenvalue weighted by Gasteiger charge is 2.22. The maximum Gasteiger partial charge on any atom is 0.177 e. The molecule has 3 aromatic rings. The molecule has 0 aliphatic carbocycles. The Bertz CT molecular complexity index is 830. The number of nitrogens with one attached hydrogen (secondary N) is 1. The molecule has 22 heavy (non-hydrogen) atoms. The molecule has 1 aromatic carbocycles. The van der Waals surface area contributed by atoms with Gasteiger partial charge in [0, 0.05) is 18.0 Å². The van der Waals surface area contributed by atoms with Crippen molar-refractivity contribution in [1.82, 2.24) is 25.1 Å². The molecule has 2 aromatic heterocycles. The van der Waals surface area contributed by atoms with Gasteiger partial charge in [-0.15, -0.1) is 10.2 Å². The van der Waals surface area contributed by atoms with Gasteiger partial charge in [0.1, 0.15) is 0 Å². The molecule has 3 heterocycles. The van der Waals surface area contributed by atoms with E-state index < -0.39 is 0 Å². The van der Waals surface area contributed by atoms with E-state index in [4.69, 9.17) is 5.10 Å². The summed E-state index contributed by atoms with van der Waals surface area (Å²) in [6.45, 7) is 6.25. The van der Waals surface area contributed by atoms with Gasteiger partial charge in [0.05, 0.1) is 5.69 Å². The molecular weight excluding hydrogens is 274 g/mol. The van der Waals surface area contributed by atoms with Gasteiger partial charge < -0.3 is 5.32 Å². The molecule has 0 saturated carbocycles. The Hall–Kier alpha value is -2.27. The minimum Gasteiger partial charge on any atom is -0.316 e. The molecule has 1 fully saturated rings. The van der Waals surface area contributed by atoms with Crippen molar-refractivity contribution < 1.29 is 0 Å². The molecule has 0 bridgehead atoms. The van der Waals surface area contributed by atoms with Gasteiger partial charge >= 0.3 is 0 Å². The van der Waals surface area contributed by atoms with Gasteiger partial charge in [-0.25, -0.2) is 0 Å². The highest BCUT2D eigenvalue weighted by Crippen LogP contribution is 2.24. The van der Waals surface area contributed by atoms with Gasteiger partial charge in [-0.1, -0.05) is 12.1 Å². The normalized spacial score (nSPS) is 18.2. The zero-order chi connectivity index (χ0) is 15.1. The van der Waals surface area contributed by atoms with Crippen molar-refractivity contribution in [2.24, 2.45) is 0 Å². The first-order chi connectivity index (χ1) is 10.7. The first kappa shape index (κ1) is 13.4. The molecule has 1 aliphatic heterocycles. The number of hydrogen-bond acceptors (Lipinski definition) is 4. The summed E-state index contributed by atoms with van der Waals surface area (Å²) in [5.74, 6) is 1.36. The first-order valence-corrected chi connectivity index (χ1v) is 7.73. The predicted octanol–water partition coefficient (Wildman–Crippen LogP) is 2.49. The lowest BCUT2D eigenvalue weighted by Crippen LogP contribution is -2.11. The standard InChI is InChI=1S/C17H19N5/c1-11-3-4-13(9-12(11)2)15-5-6-16-19-20-17(22(16)21-15)14-7-8-18-10-14/h3-6,9,14,18H,7-8,10H2,1-2H3/t14-/m1/s1. The van der Waals surface area contributed by atoms with E-state index in [-0.39, 0.29) is 0 Å². The number of fused-ring (bicyclic) bond motifs is 1. The van der Waals surface area contributed by atoms with Crippen LogP contribution in [0, 0.1) is 13.8 Å². The molecule has 112 valence electrons. The third-order valence-electron chi connectivity index (χ3n) is 4.52. The van der Waals surface area contributed by atoms with Gasteiger partial charge in [-0.2, -0.15) is 9.61 Å². The van der Waals surface area contributed by atoms with Crippen molar-refractivity contribution >= 4 is 5.65 Å². The summed E-state index contributed by atoms with van der Waals surface area (Å²) in [5, 5.41) is 16.8. The van der Waals surface area contributed by atoms with E-state index >= 15 is 0 Å². The van der Waals surface area contributed by atoms with Crippen LogP contribution in [0.5, 0.6) is 0 Å². The highest BCUT2D eigenvalue weighted by molar-refractivity contribution is 5.62. The highest BCUT2D eigenvalue weighted by atomic mass is 15.4. The Labute approximate surface area is 129 Å². The first-order valence-electron chi connectivity index (χ1n) is 7.73. The lowest BCUT2D eigenvalue weighted by molar-refractivity contribution is 0.668. The lowest BCUT2D eigenvalue weighted by Gasteiger charge is -2.08. The zero-order valence-corrected chi connectivity index (χ0v) is 12.9. The van der Waals surface area contributed by atoms with Crippen LogP contribution in [-0.2, 0) is 0 Å². The van der Waals surface area contributed by atoms with E-state index in [0.717, 1.165) is 42.2 Å². The van der Waals surface area contributed by atoms with Gasteiger partial charge in [0.25, 0.3) is 0 Å². The molecule has 4 rings (SSSR count). The summed E-state index contributed by atoms with van der Waals surface area (Å²) in [6.07, 6.45) is 1.09. The van der Waals surface area contributed by atoms with Crippen LogP contribution in [0.4, 0.5) is 0 Å². The predicted molar refractivity (Wildman–Crippen MR) is 85.9 cm³/mol. The van der Waals surface area contributed by atoms with Crippen LogP contribution >= 0.6 is 0 Å². The van der Waals surface area contributed by atoms with Crippen molar-refractivity contribution in [2.45, 2.75) is 26.2 Å². The van der Waals surface area contributed by atoms with Gasteiger partial charge in [0.15, 0.2) is 11.5 Å². The fourth-order valence-electron chi connectivity index (χ4n) is 2.99. The number of nitrogens with zero attached hydrogens (tertiary/aromatic N) is 4. The summed E-state index contributed by atoms with van der Waals surface area (Å²) >= 11 is 0. The van der Waals surface area contributed by atoms with Crippen LogP contribution in [0.2, 0.25) is 0 Å². The Morgan fingerprint density at radius 2 is 2.00 bits per heavy atom. The fraction of sp³-hybridized carbons (Fsp3) is 0.353. The number of hydrogen-bond donors (Lipinski definition) is 1. The van der Waals surface area contributed by atoms with Gasteiger partial charge in [-0.05, 0) is 56.1 Å².